The van der Waals surface area contributed by atoms with E-state index >= 15 is 0 Å². The summed E-state index contributed by atoms with van der Waals surface area (Å²) in [5.41, 5.74) is 2.16. The van der Waals surface area contributed by atoms with Gasteiger partial charge in [-0.2, -0.15) is 4.31 Å². The zero-order valence-corrected chi connectivity index (χ0v) is 19.0. The molecule has 0 unspecified atom stereocenters. The van der Waals surface area contributed by atoms with Gasteiger partial charge in [-0.05, 0) is 62.1 Å². The minimum absolute atomic E-state index is 0.00193. The van der Waals surface area contributed by atoms with Crippen LogP contribution in [0.25, 0.3) is 0 Å². The van der Waals surface area contributed by atoms with Crippen LogP contribution in [0.5, 0.6) is 0 Å². The van der Waals surface area contributed by atoms with Crippen LogP contribution in [0.4, 0.5) is 5.69 Å². The highest BCUT2D eigenvalue weighted by Crippen LogP contribution is 2.31. The molecule has 8 heteroatoms. The van der Waals surface area contributed by atoms with Crippen molar-refractivity contribution in [3.05, 3.63) is 59.7 Å². The third-order valence-electron chi connectivity index (χ3n) is 6.10. The van der Waals surface area contributed by atoms with Gasteiger partial charge in [0.1, 0.15) is 0 Å². The fraction of sp³-hybridized carbons (Fsp3) is 0.417. The number of carbonyl (C=O) groups is 2. The van der Waals surface area contributed by atoms with E-state index in [0.717, 1.165) is 43.4 Å². The summed E-state index contributed by atoms with van der Waals surface area (Å²) >= 11 is 0. The van der Waals surface area contributed by atoms with Crippen molar-refractivity contribution in [3.8, 4) is 0 Å². The normalized spacial score (nSPS) is 19.3. The molecule has 0 bridgehead atoms. The first-order valence-corrected chi connectivity index (χ1v) is 12.5. The van der Waals surface area contributed by atoms with Crippen LogP contribution in [-0.4, -0.2) is 50.3 Å². The standard InChI is InChI=1S/C24H28N2O5S/c1-18-16-20-8-4-5-9-22(20)26(18)23(27)17-31-24(28)19-10-12-21(13-11-19)32(29,30)25-14-6-2-3-7-15-25/h4-5,8-13,18H,2-3,6-7,14-17H2,1H3/t18-/m1/s1. The van der Waals surface area contributed by atoms with Crippen molar-refractivity contribution in [2.75, 3.05) is 24.6 Å². The Morgan fingerprint density at radius 1 is 0.969 bits per heavy atom. The van der Waals surface area contributed by atoms with Crippen LogP contribution in [0, 0.1) is 0 Å². The molecule has 2 aromatic carbocycles. The van der Waals surface area contributed by atoms with Crippen LogP contribution >= 0.6 is 0 Å². The van der Waals surface area contributed by atoms with Crippen molar-refractivity contribution in [1.29, 1.82) is 0 Å². The summed E-state index contributed by atoms with van der Waals surface area (Å²) in [6, 6.07) is 13.4. The Bertz CT molecular complexity index is 1090. The summed E-state index contributed by atoms with van der Waals surface area (Å²) in [5, 5.41) is 0. The van der Waals surface area contributed by atoms with E-state index in [0.29, 0.717) is 13.1 Å². The van der Waals surface area contributed by atoms with Crippen LogP contribution in [0.15, 0.2) is 53.4 Å². The summed E-state index contributed by atoms with van der Waals surface area (Å²) in [5.74, 6) is -0.937. The monoisotopic (exact) mass is 456 g/mol. The molecule has 0 N–H and O–H groups in total. The van der Waals surface area contributed by atoms with Gasteiger partial charge in [-0.1, -0.05) is 31.0 Å². The van der Waals surface area contributed by atoms with Gasteiger partial charge in [-0.25, -0.2) is 13.2 Å². The van der Waals surface area contributed by atoms with Gasteiger partial charge >= 0.3 is 5.97 Å². The number of amides is 1. The maximum Gasteiger partial charge on any atom is 0.338 e. The molecule has 2 aliphatic heterocycles. The van der Waals surface area contributed by atoms with Gasteiger partial charge in [0.25, 0.3) is 5.91 Å². The number of anilines is 1. The number of esters is 1. The fourth-order valence-electron chi connectivity index (χ4n) is 4.42. The summed E-state index contributed by atoms with van der Waals surface area (Å²) in [4.78, 5) is 27.0. The molecule has 2 aliphatic rings. The van der Waals surface area contributed by atoms with E-state index in [1.54, 1.807) is 4.90 Å². The van der Waals surface area contributed by atoms with Crippen LogP contribution in [0.3, 0.4) is 0 Å². The molecule has 0 spiro atoms. The lowest BCUT2D eigenvalue weighted by molar-refractivity contribution is -0.122. The van der Waals surface area contributed by atoms with Gasteiger partial charge in [0.15, 0.2) is 6.61 Å². The Kier molecular flexibility index (Phi) is 6.62. The molecule has 2 aromatic rings. The topological polar surface area (TPSA) is 84.0 Å². The lowest BCUT2D eigenvalue weighted by atomic mass is 10.1. The van der Waals surface area contributed by atoms with Crippen molar-refractivity contribution in [1.82, 2.24) is 4.31 Å². The number of para-hydroxylation sites is 1. The molecule has 1 atom stereocenters. The average molecular weight is 457 g/mol. The number of ether oxygens (including phenoxy) is 1. The number of sulfonamides is 1. The Hall–Kier alpha value is -2.71. The van der Waals surface area contributed by atoms with E-state index in [4.69, 9.17) is 4.74 Å². The molecule has 1 fully saturated rings. The van der Waals surface area contributed by atoms with Gasteiger partial charge in [-0.3, -0.25) is 4.79 Å². The number of nitrogens with zero attached hydrogens (tertiary/aromatic N) is 2. The molecule has 1 amide bonds. The van der Waals surface area contributed by atoms with Crippen LogP contribution < -0.4 is 4.90 Å². The largest absolute Gasteiger partial charge is 0.452 e. The minimum Gasteiger partial charge on any atom is -0.452 e. The molecule has 0 aliphatic carbocycles. The van der Waals surface area contributed by atoms with Crippen LogP contribution in [0.2, 0.25) is 0 Å². The third-order valence-corrected chi connectivity index (χ3v) is 8.01. The first-order valence-electron chi connectivity index (χ1n) is 11.1. The zero-order chi connectivity index (χ0) is 22.7. The van der Waals surface area contributed by atoms with Crippen molar-refractivity contribution in [2.24, 2.45) is 0 Å². The number of rotatable bonds is 5. The number of benzene rings is 2. The molecule has 7 nitrogen and oxygen atoms in total. The maximum absolute atomic E-state index is 12.9. The molecule has 4 rings (SSSR count). The third kappa shape index (κ3) is 4.56. The lowest BCUT2D eigenvalue weighted by Crippen LogP contribution is -2.38. The van der Waals surface area contributed by atoms with Crippen LogP contribution in [-0.2, 0) is 26.0 Å². The first-order chi connectivity index (χ1) is 15.4. The molecule has 0 aromatic heterocycles. The summed E-state index contributed by atoms with van der Waals surface area (Å²) < 4.78 is 32.5. The smallest absolute Gasteiger partial charge is 0.338 e. The van der Waals surface area contributed by atoms with Crippen molar-refractivity contribution < 1.29 is 22.7 Å². The Balaban J connectivity index is 1.38. The summed E-state index contributed by atoms with van der Waals surface area (Å²) in [7, 11) is -3.58. The molecule has 0 saturated carbocycles. The minimum atomic E-state index is -3.58. The summed E-state index contributed by atoms with van der Waals surface area (Å²) in [6.45, 7) is 2.63. The Morgan fingerprint density at radius 3 is 2.31 bits per heavy atom. The predicted molar refractivity (Wildman–Crippen MR) is 121 cm³/mol. The van der Waals surface area contributed by atoms with E-state index < -0.39 is 16.0 Å². The van der Waals surface area contributed by atoms with E-state index in [1.165, 1.54) is 28.6 Å². The number of hydrogen-bond acceptors (Lipinski definition) is 5. The predicted octanol–water partition coefficient (Wildman–Crippen LogP) is 3.39. The highest BCUT2D eigenvalue weighted by molar-refractivity contribution is 7.89. The van der Waals surface area contributed by atoms with Gasteiger partial charge in [0.05, 0.1) is 10.5 Å². The molecule has 170 valence electrons. The molecular formula is C24H28N2O5S. The highest BCUT2D eigenvalue weighted by atomic mass is 32.2. The molecular weight excluding hydrogens is 428 g/mol. The van der Waals surface area contributed by atoms with Gasteiger partial charge in [0, 0.05) is 24.8 Å². The fourth-order valence-corrected chi connectivity index (χ4v) is 5.94. The summed E-state index contributed by atoms with van der Waals surface area (Å²) in [6.07, 6.45) is 4.56. The van der Waals surface area contributed by atoms with Crippen molar-refractivity contribution >= 4 is 27.6 Å². The quantitative estimate of drug-likeness (QED) is 0.644. The highest BCUT2D eigenvalue weighted by Gasteiger charge is 2.31. The second kappa shape index (κ2) is 9.42. The van der Waals surface area contributed by atoms with E-state index in [1.807, 2.05) is 31.2 Å². The van der Waals surface area contributed by atoms with Crippen molar-refractivity contribution in [3.63, 3.8) is 0 Å². The Labute approximate surface area is 189 Å². The first kappa shape index (κ1) is 22.5. The van der Waals surface area contributed by atoms with E-state index in [-0.39, 0.29) is 29.0 Å². The van der Waals surface area contributed by atoms with Gasteiger partial charge in [-0.15, -0.1) is 0 Å². The number of carbonyl (C=O) groups excluding carboxylic acids is 2. The number of fused-ring (bicyclic) bond motifs is 1. The second-order valence-corrected chi connectivity index (χ2v) is 10.3. The molecule has 2 heterocycles. The molecule has 0 radical (unpaired) electrons. The molecule has 1 saturated heterocycles. The SMILES string of the molecule is C[C@@H]1Cc2ccccc2N1C(=O)COC(=O)c1ccc(S(=O)(=O)N2CCCCCC2)cc1. The van der Waals surface area contributed by atoms with Crippen molar-refractivity contribution in [2.45, 2.75) is 50.0 Å². The van der Waals surface area contributed by atoms with Gasteiger partial charge in [0.2, 0.25) is 10.0 Å². The number of hydrogen-bond donors (Lipinski definition) is 0. The molecule has 32 heavy (non-hydrogen) atoms. The van der Waals surface area contributed by atoms with Crippen LogP contribution in [0.1, 0.15) is 48.5 Å². The van der Waals surface area contributed by atoms with E-state index in [2.05, 4.69) is 0 Å². The van der Waals surface area contributed by atoms with Gasteiger partial charge < -0.3 is 9.64 Å². The average Bonchev–Trinajstić information content (AvgIpc) is 2.95. The Morgan fingerprint density at radius 2 is 1.62 bits per heavy atom. The van der Waals surface area contributed by atoms with E-state index in [9.17, 15) is 18.0 Å². The maximum atomic E-state index is 12.9. The zero-order valence-electron chi connectivity index (χ0n) is 18.2. The second-order valence-electron chi connectivity index (χ2n) is 8.36. The lowest BCUT2D eigenvalue weighted by Gasteiger charge is -2.22.